The second kappa shape index (κ2) is 10.6. The van der Waals surface area contributed by atoms with Gasteiger partial charge in [-0.05, 0) is 49.3 Å². The Morgan fingerprint density at radius 3 is 2.40 bits per heavy atom. The first kappa shape index (κ1) is 24.9. The van der Waals surface area contributed by atoms with Crippen molar-refractivity contribution in [3.05, 3.63) is 66.0 Å². The van der Waals surface area contributed by atoms with Crippen LogP contribution in [0.25, 0.3) is 11.4 Å². The summed E-state index contributed by atoms with van der Waals surface area (Å²) in [4.78, 5) is 12.8. The van der Waals surface area contributed by atoms with Gasteiger partial charge in [-0.2, -0.15) is 13.2 Å². The lowest BCUT2D eigenvalue weighted by Crippen LogP contribution is -2.30. The molecule has 0 unspecified atom stereocenters. The number of carbonyl (C=O) groups is 1. The number of halogens is 3. The molecule has 5 nitrogen and oxygen atoms in total. The van der Waals surface area contributed by atoms with Gasteiger partial charge in [-0.1, -0.05) is 55.7 Å². The highest BCUT2D eigenvalue weighted by Crippen LogP contribution is 2.44. The molecule has 1 fully saturated rings. The number of rotatable bonds is 8. The van der Waals surface area contributed by atoms with Crippen molar-refractivity contribution in [1.82, 2.24) is 14.8 Å². The van der Waals surface area contributed by atoms with E-state index in [2.05, 4.69) is 15.5 Å². The van der Waals surface area contributed by atoms with E-state index in [1.807, 2.05) is 30.3 Å². The van der Waals surface area contributed by atoms with Gasteiger partial charge in [-0.3, -0.25) is 4.79 Å². The molecule has 1 aliphatic carbocycles. The minimum absolute atomic E-state index is 0.0302. The van der Waals surface area contributed by atoms with E-state index in [0.717, 1.165) is 50.3 Å². The van der Waals surface area contributed by atoms with Crippen LogP contribution >= 0.6 is 0 Å². The zero-order valence-corrected chi connectivity index (χ0v) is 19.9. The van der Waals surface area contributed by atoms with Crippen LogP contribution in [0.4, 0.5) is 18.9 Å². The molecule has 0 spiro atoms. The molecule has 4 rings (SSSR count). The van der Waals surface area contributed by atoms with Crippen molar-refractivity contribution in [3.63, 3.8) is 0 Å². The summed E-state index contributed by atoms with van der Waals surface area (Å²) in [5.41, 5.74) is 0.0611. The minimum atomic E-state index is -4.46. The standard InChI is InChI=1S/C27H31F3N4O/c1-34-23(32-33-25(34)21-13-6-7-14-22(21)27(28,29)30)15-10-18-26(16-8-3-9-17-26)19-24(35)31-20-11-4-2-5-12-20/h2,4-7,11-14H,3,8-10,15-19H2,1H3,(H,31,35). The van der Waals surface area contributed by atoms with Crippen LogP contribution < -0.4 is 5.32 Å². The molecule has 186 valence electrons. The number of aromatic nitrogens is 3. The van der Waals surface area contributed by atoms with Crippen LogP contribution in [-0.4, -0.2) is 20.7 Å². The number of aryl methyl sites for hydroxylation is 1. The molecule has 8 heteroatoms. The molecule has 0 saturated heterocycles. The Labute approximate surface area is 203 Å². The Morgan fingerprint density at radius 1 is 1.00 bits per heavy atom. The molecular weight excluding hydrogens is 453 g/mol. The Bertz CT molecular complexity index is 1130. The van der Waals surface area contributed by atoms with Crippen molar-refractivity contribution < 1.29 is 18.0 Å². The largest absolute Gasteiger partial charge is 0.417 e. The highest BCUT2D eigenvalue weighted by atomic mass is 19.4. The molecule has 3 aromatic rings. The number of nitrogens with zero attached hydrogens (tertiary/aromatic N) is 3. The van der Waals surface area contributed by atoms with Gasteiger partial charge in [0, 0.05) is 31.1 Å². The Hall–Kier alpha value is -3.16. The summed E-state index contributed by atoms with van der Waals surface area (Å²) in [6.07, 6.45) is 3.72. The van der Waals surface area contributed by atoms with Gasteiger partial charge in [0.15, 0.2) is 5.82 Å². The van der Waals surface area contributed by atoms with E-state index >= 15 is 0 Å². The summed E-state index contributed by atoms with van der Waals surface area (Å²) in [5.74, 6) is 0.891. The summed E-state index contributed by atoms with van der Waals surface area (Å²) in [5, 5.41) is 11.3. The third-order valence-corrected chi connectivity index (χ3v) is 7.05. The molecule has 0 atom stereocenters. The average Bonchev–Trinajstić information content (AvgIpc) is 3.19. The van der Waals surface area contributed by atoms with Gasteiger partial charge in [0.2, 0.25) is 5.91 Å². The molecule has 1 amide bonds. The number of benzene rings is 2. The Kier molecular flexibility index (Phi) is 7.57. The van der Waals surface area contributed by atoms with Crippen molar-refractivity contribution >= 4 is 11.6 Å². The zero-order chi connectivity index (χ0) is 24.9. The molecule has 35 heavy (non-hydrogen) atoms. The van der Waals surface area contributed by atoms with Gasteiger partial charge in [-0.15, -0.1) is 10.2 Å². The molecule has 0 radical (unpaired) electrons. The quantitative estimate of drug-likeness (QED) is 0.382. The first-order valence-corrected chi connectivity index (χ1v) is 12.2. The van der Waals surface area contributed by atoms with E-state index in [1.165, 1.54) is 18.6 Å². The van der Waals surface area contributed by atoms with Crippen molar-refractivity contribution in [2.75, 3.05) is 5.32 Å². The lowest BCUT2D eigenvalue weighted by molar-refractivity contribution is -0.137. The van der Waals surface area contributed by atoms with Crippen LogP contribution in [0.15, 0.2) is 54.6 Å². The third kappa shape index (κ3) is 6.10. The second-order valence-electron chi connectivity index (χ2n) is 9.55. The number of anilines is 1. The van der Waals surface area contributed by atoms with Crippen LogP contribution in [0.2, 0.25) is 0 Å². The van der Waals surface area contributed by atoms with Crippen molar-refractivity contribution in [2.45, 2.75) is 64.0 Å². The number of alkyl halides is 3. The summed E-state index contributed by atoms with van der Waals surface area (Å²) in [7, 11) is 1.71. The molecule has 2 aromatic carbocycles. The second-order valence-corrected chi connectivity index (χ2v) is 9.55. The molecule has 1 aliphatic rings. The van der Waals surface area contributed by atoms with Gasteiger partial charge in [-0.25, -0.2) is 0 Å². The van der Waals surface area contributed by atoms with Gasteiger partial charge in [0.05, 0.1) is 5.56 Å². The number of para-hydroxylation sites is 1. The van der Waals surface area contributed by atoms with Gasteiger partial charge >= 0.3 is 6.18 Å². The fourth-order valence-electron chi connectivity index (χ4n) is 5.24. The third-order valence-electron chi connectivity index (χ3n) is 7.05. The highest BCUT2D eigenvalue weighted by Gasteiger charge is 2.35. The first-order chi connectivity index (χ1) is 16.8. The normalized spacial score (nSPS) is 15.7. The summed E-state index contributed by atoms with van der Waals surface area (Å²) >= 11 is 0. The first-order valence-electron chi connectivity index (χ1n) is 12.2. The smallest absolute Gasteiger partial charge is 0.326 e. The monoisotopic (exact) mass is 484 g/mol. The van der Waals surface area contributed by atoms with Crippen molar-refractivity contribution in [2.24, 2.45) is 12.5 Å². The van der Waals surface area contributed by atoms with Gasteiger partial charge < -0.3 is 9.88 Å². The van der Waals surface area contributed by atoms with Crippen LogP contribution in [0.5, 0.6) is 0 Å². The minimum Gasteiger partial charge on any atom is -0.326 e. The molecule has 1 aromatic heterocycles. The zero-order valence-electron chi connectivity index (χ0n) is 19.9. The van der Waals surface area contributed by atoms with E-state index in [9.17, 15) is 18.0 Å². The predicted octanol–water partition coefficient (Wildman–Crippen LogP) is 6.80. The van der Waals surface area contributed by atoms with Crippen molar-refractivity contribution in [3.8, 4) is 11.4 Å². The van der Waals surface area contributed by atoms with Gasteiger partial charge in [0.1, 0.15) is 5.82 Å². The molecular formula is C27H31F3N4O. The maximum absolute atomic E-state index is 13.5. The maximum atomic E-state index is 13.5. The molecule has 0 bridgehead atoms. The van der Waals surface area contributed by atoms with Crippen LogP contribution in [0, 0.1) is 5.41 Å². The summed E-state index contributed by atoms with van der Waals surface area (Å²) in [6.45, 7) is 0. The van der Waals surface area contributed by atoms with Crippen LogP contribution in [0.3, 0.4) is 0 Å². The number of nitrogens with one attached hydrogen (secondary N) is 1. The van der Waals surface area contributed by atoms with E-state index in [1.54, 1.807) is 17.7 Å². The Morgan fingerprint density at radius 2 is 1.69 bits per heavy atom. The fourth-order valence-corrected chi connectivity index (χ4v) is 5.24. The van der Waals surface area contributed by atoms with Crippen LogP contribution in [-0.2, 0) is 24.4 Å². The Balaban J connectivity index is 1.43. The predicted molar refractivity (Wildman–Crippen MR) is 130 cm³/mol. The summed E-state index contributed by atoms with van der Waals surface area (Å²) < 4.78 is 42.1. The van der Waals surface area contributed by atoms with E-state index < -0.39 is 11.7 Å². The van der Waals surface area contributed by atoms with E-state index in [4.69, 9.17) is 0 Å². The number of amides is 1. The fraction of sp³-hybridized carbons (Fsp3) is 0.444. The molecule has 0 aliphatic heterocycles. The van der Waals surface area contributed by atoms with Crippen LogP contribution in [0.1, 0.15) is 62.8 Å². The summed E-state index contributed by atoms with van der Waals surface area (Å²) in [6, 6.07) is 14.9. The lowest BCUT2D eigenvalue weighted by Gasteiger charge is -2.37. The lowest BCUT2D eigenvalue weighted by atomic mass is 9.68. The average molecular weight is 485 g/mol. The van der Waals surface area contributed by atoms with Gasteiger partial charge in [0.25, 0.3) is 0 Å². The molecule has 1 heterocycles. The maximum Gasteiger partial charge on any atom is 0.417 e. The highest BCUT2D eigenvalue weighted by molar-refractivity contribution is 5.91. The molecule has 1 saturated carbocycles. The van der Waals surface area contributed by atoms with E-state index in [0.29, 0.717) is 18.7 Å². The molecule has 1 N–H and O–H groups in total. The van der Waals surface area contributed by atoms with Crippen molar-refractivity contribution in [1.29, 1.82) is 0 Å². The SMILES string of the molecule is Cn1c(CCCC2(CC(=O)Nc3ccccc3)CCCCC2)nnc1-c1ccccc1C(F)(F)F. The number of carbonyl (C=O) groups excluding carboxylic acids is 1. The topological polar surface area (TPSA) is 59.8 Å². The number of hydrogen-bond acceptors (Lipinski definition) is 3. The number of hydrogen-bond donors (Lipinski definition) is 1. The van der Waals surface area contributed by atoms with E-state index in [-0.39, 0.29) is 22.7 Å².